The van der Waals surface area contributed by atoms with Crippen molar-refractivity contribution in [3.05, 3.63) is 90.0 Å². The van der Waals surface area contributed by atoms with Gasteiger partial charge >= 0.3 is 0 Å². The zero-order chi connectivity index (χ0) is 23.0. The Hall–Kier alpha value is -3.67. The lowest BCUT2D eigenvalue weighted by molar-refractivity contribution is 0.0780. The Morgan fingerprint density at radius 2 is 1.76 bits per heavy atom. The molecule has 0 radical (unpaired) electrons. The van der Waals surface area contributed by atoms with Crippen molar-refractivity contribution >= 4 is 16.9 Å². The molecule has 0 unspecified atom stereocenters. The normalized spacial score (nSPS) is 11.0. The van der Waals surface area contributed by atoms with Crippen LogP contribution in [0, 0.1) is 0 Å². The summed E-state index contributed by atoms with van der Waals surface area (Å²) in [7, 11) is 1.81. The van der Waals surface area contributed by atoms with E-state index in [0.29, 0.717) is 18.7 Å². The van der Waals surface area contributed by atoms with Gasteiger partial charge in [-0.25, -0.2) is 4.98 Å². The number of benzene rings is 2. The van der Waals surface area contributed by atoms with Crippen LogP contribution in [-0.2, 0) is 19.5 Å². The van der Waals surface area contributed by atoms with Gasteiger partial charge in [-0.3, -0.25) is 9.78 Å². The van der Waals surface area contributed by atoms with E-state index in [1.165, 1.54) is 5.56 Å². The number of unbranched alkanes of at least 4 members (excludes halogenated alkanes) is 1. The topological polar surface area (TPSA) is 60.2 Å². The highest BCUT2D eigenvalue weighted by Crippen LogP contribution is 2.19. The standard InChI is InChI=1S/C27H30N4O2/c1-3-21-10-12-23(13-11-21)33-19-7-6-18-31-25-9-5-4-8-24(25)29-26(31)20-30(2)27(32)22-14-16-28-17-15-22/h4-5,8-17H,3,6-7,18-20H2,1-2H3. The molecule has 6 heteroatoms. The van der Waals surface area contributed by atoms with Gasteiger partial charge in [0.15, 0.2) is 0 Å². The minimum absolute atomic E-state index is 0.0431. The van der Waals surface area contributed by atoms with Crippen LogP contribution in [0.25, 0.3) is 11.0 Å². The van der Waals surface area contributed by atoms with E-state index in [0.717, 1.165) is 48.4 Å². The number of hydrogen-bond acceptors (Lipinski definition) is 4. The molecule has 0 bridgehead atoms. The van der Waals surface area contributed by atoms with E-state index in [1.54, 1.807) is 29.4 Å². The molecule has 2 aromatic heterocycles. The van der Waals surface area contributed by atoms with Gasteiger partial charge in [-0.2, -0.15) is 0 Å². The lowest BCUT2D eigenvalue weighted by Crippen LogP contribution is -2.27. The average molecular weight is 443 g/mol. The number of carbonyl (C=O) groups is 1. The number of aryl methyl sites for hydroxylation is 2. The maximum atomic E-state index is 12.8. The summed E-state index contributed by atoms with van der Waals surface area (Å²) in [6, 6.07) is 19.9. The van der Waals surface area contributed by atoms with Gasteiger partial charge in [0, 0.05) is 31.5 Å². The smallest absolute Gasteiger partial charge is 0.254 e. The number of aromatic nitrogens is 3. The van der Waals surface area contributed by atoms with Gasteiger partial charge < -0.3 is 14.2 Å². The molecule has 2 heterocycles. The Labute approximate surface area is 194 Å². The number of nitrogens with zero attached hydrogens (tertiary/aromatic N) is 4. The van der Waals surface area contributed by atoms with Crippen molar-refractivity contribution < 1.29 is 9.53 Å². The van der Waals surface area contributed by atoms with Crippen LogP contribution in [0.5, 0.6) is 5.75 Å². The average Bonchev–Trinajstić information content (AvgIpc) is 3.21. The van der Waals surface area contributed by atoms with Gasteiger partial charge in [-0.05, 0) is 61.2 Å². The first-order valence-electron chi connectivity index (χ1n) is 11.5. The molecule has 0 N–H and O–H groups in total. The molecule has 0 spiro atoms. The first-order chi connectivity index (χ1) is 16.2. The van der Waals surface area contributed by atoms with Crippen molar-refractivity contribution in [3.63, 3.8) is 0 Å². The number of para-hydroxylation sites is 2. The number of rotatable bonds is 10. The molecular weight excluding hydrogens is 412 g/mol. The van der Waals surface area contributed by atoms with Crippen LogP contribution in [-0.4, -0.2) is 39.0 Å². The number of hydrogen-bond donors (Lipinski definition) is 0. The molecule has 33 heavy (non-hydrogen) atoms. The Balaban J connectivity index is 1.39. The summed E-state index contributed by atoms with van der Waals surface area (Å²) in [4.78, 5) is 23.3. The minimum Gasteiger partial charge on any atom is -0.494 e. The SMILES string of the molecule is CCc1ccc(OCCCCn2c(CN(C)C(=O)c3ccncc3)nc3ccccc32)cc1. The molecule has 170 valence electrons. The molecule has 4 aromatic rings. The summed E-state index contributed by atoms with van der Waals surface area (Å²) in [6.07, 6.45) is 6.20. The van der Waals surface area contributed by atoms with Crippen molar-refractivity contribution in [2.75, 3.05) is 13.7 Å². The van der Waals surface area contributed by atoms with Crippen molar-refractivity contribution in [1.82, 2.24) is 19.4 Å². The summed E-state index contributed by atoms with van der Waals surface area (Å²) < 4.78 is 8.13. The predicted octanol–water partition coefficient (Wildman–Crippen LogP) is 5.13. The quantitative estimate of drug-likeness (QED) is 0.320. The third-order valence-electron chi connectivity index (χ3n) is 5.76. The van der Waals surface area contributed by atoms with Crippen molar-refractivity contribution in [2.24, 2.45) is 0 Å². The highest BCUT2D eigenvalue weighted by atomic mass is 16.5. The van der Waals surface area contributed by atoms with E-state index in [1.807, 2.05) is 37.4 Å². The van der Waals surface area contributed by atoms with Crippen molar-refractivity contribution in [1.29, 1.82) is 0 Å². The summed E-state index contributed by atoms with van der Waals surface area (Å²) in [5, 5.41) is 0. The van der Waals surface area contributed by atoms with Gasteiger partial charge in [0.25, 0.3) is 5.91 Å². The second kappa shape index (κ2) is 10.8. The van der Waals surface area contributed by atoms with Crippen LogP contribution < -0.4 is 4.74 Å². The second-order valence-electron chi connectivity index (χ2n) is 8.12. The van der Waals surface area contributed by atoms with E-state index in [-0.39, 0.29) is 5.91 Å². The highest BCUT2D eigenvalue weighted by molar-refractivity contribution is 5.93. The molecule has 4 rings (SSSR count). The summed E-state index contributed by atoms with van der Waals surface area (Å²) in [6.45, 7) is 4.09. The fraction of sp³-hybridized carbons (Fsp3) is 0.296. The van der Waals surface area contributed by atoms with Crippen LogP contribution in [0.4, 0.5) is 0 Å². The largest absolute Gasteiger partial charge is 0.494 e. The van der Waals surface area contributed by atoms with E-state index >= 15 is 0 Å². The number of carbonyl (C=O) groups excluding carboxylic acids is 1. The molecule has 0 atom stereocenters. The van der Waals surface area contributed by atoms with Crippen molar-refractivity contribution in [3.8, 4) is 5.75 Å². The van der Waals surface area contributed by atoms with Crippen LogP contribution in [0.2, 0.25) is 0 Å². The fourth-order valence-corrected chi connectivity index (χ4v) is 3.88. The highest BCUT2D eigenvalue weighted by Gasteiger charge is 2.17. The molecule has 0 saturated carbocycles. The summed E-state index contributed by atoms with van der Waals surface area (Å²) in [5.74, 6) is 1.76. The third-order valence-corrected chi connectivity index (χ3v) is 5.76. The Morgan fingerprint density at radius 1 is 1.00 bits per heavy atom. The lowest BCUT2D eigenvalue weighted by atomic mass is 10.2. The van der Waals surface area contributed by atoms with Gasteiger partial charge in [0.05, 0.1) is 24.2 Å². The van der Waals surface area contributed by atoms with Crippen LogP contribution in [0.15, 0.2) is 73.1 Å². The van der Waals surface area contributed by atoms with Crippen molar-refractivity contribution in [2.45, 2.75) is 39.3 Å². The van der Waals surface area contributed by atoms with E-state index < -0.39 is 0 Å². The summed E-state index contributed by atoms with van der Waals surface area (Å²) in [5.41, 5.74) is 3.98. The molecule has 0 aliphatic carbocycles. The molecule has 0 aliphatic heterocycles. The number of fused-ring (bicyclic) bond motifs is 1. The molecule has 2 aromatic carbocycles. The van der Waals surface area contributed by atoms with Gasteiger partial charge in [-0.1, -0.05) is 31.2 Å². The van der Waals surface area contributed by atoms with Gasteiger partial charge in [0.2, 0.25) is 0 Å². The van der Waals surface area contributed by atoms with Gasteiger partial charge in [-0.15, -0.1) is 0 Å². The zero-order valence-electron chi connectivity index (χ0n) is 19.3. The molecule has 0 fully saturated rings. The van der Waals surface area contributed by atoms with Crippen LogP contribution >= 0.6 is 0 Å². The zero-order valence-corrected chi connectivity index (χ0v) is 19.3. The molecule has 0 aliphatic rings. The molecule has 1 amide bonds. The number of pyridine rings is 1. The molecular formula is C27H30N4O2. The molecule has 6 nitrogen and oxygen atoms in total. The van der Waals surface area contributed by atoms with Crippen LogP contribution in [0.1, 0.15) is 41.5 Å². The third kappa shape index (κ3) is 5.58. The molecule has 0 saturated heterocycles. The second-order valence-corrected chi connectivity index (χ2v) is 8.12. The van der Waals surface area contributed by atoms with E-state index in [2.05, 4.69) is 34.7 Å². The van der Waals surface area contributed by atoms with Gasteiger partial charge in [0.1, 0.15) is 11.6 Å². The monoisotopic (exact) mass is 442 g/mol. The number of imidazole rings is 1. The Kier molecular flexibility index (Phi) is 7.35. The minimum atomic E-state index is -0.0431. The first-order valence-corrected chi connectivity index (χ1v) is 11.5. The van der Waals surface area contributed by atoms with E-state index in [9.17, 15) is 4.79 Å². The van der Waals surface area contributed by atoms with Crippen LogP contribution in [0.3, 0.4) is 0 Å². The maximum absolute atomic E-state index is 12.8. The fourth-order valence-electron chi connectivity index (χ4n) is 3.88. The van der Waals surface area contributed by atoms with E-state index in [4.69, 9.17) is 9.72 Å². The lowest BCUT2D eigenvalue weighted by Gasteiger charge is -2.18. The maximum Gasteiger partial charge on any atom is 0.254 e. The first kappa shape index (κ1) is 22.5. The number of ether oxygens (including phenoxy) is 1. The Bertz CT molecular complexity index is 1190. The summed E-state index contributed by atoms with van der Waals surface area (Å²) >= 11 is 0. The number of amides is 1. The predicted molar refractivity (Wildman–Crippen MR) is 130 cm³/mol. The Morgan fingerprint density at radius 3 is 2.52 bits per heavy atom.